The van der Waals surface area contributed by atoms with Crippen LogP contribution in [0, 0.1) is 0 Å². The number of hydrogen-bond donors (Lipinski definition) is 1. The van der Waals surface area contributed by atoms with Crippen LogP contribution < -0.4 is 10.1 Å². The van der Waals surface area contributed by atoms with E-state index < -0.39 is 6.04 Å². The molecular formula is C20H21Cl3N2O3. The molecule has 1 N–H and O–H groups in total. The predicted molar refractivity (Wildman–Crippen MR) is 112 cm³/mol. The van der Waals surface area contributed by atoms with Gasteiger partial charge in [0.25, 0.3) is 5.91 Å². The number of carbonyl (C=O) groups excluding carboxylic acids is 2. The molecular weight excluding hydrogens is 423 g/mol. The third kappa shape index (κ3) is 6.03. The minimum atomic E-state index is -0.714. The predicted octanol–water partition coefficient (Wildman–Crippen LogP) is 4.58. The number of para-hydroxylation sites is 1. The lowest BCUT2D eigenvalue weighted by Crippen LogP contribution is -2.49. The van der Waals surface area contributed by atoms with Gasteiger partial charge in [-0.15, -0.1) is 0 Å². The summed E-state index contributed by atoms with van der Waals surface area (Å²) < 4.78 is 5.55. The largest absolute Gasteiger partial charge is 0.482 e. The van der Waals surface area contributed by atoms with Crippen LogP contribution in [-0.4, -0.2) is 35.9 Å². The van der Waals surface area contributed by atoms with Gasteiger partial charge in [-0.05, 0) is 43.7 Å². The number of likely N-dealkylation sites (N-methyl/N-ethyl adjacent to an activating group) is 1. The van der Waals surface area contributed by atoms with Gasteiger partial charge in [-0.3, -0.25) is 9.59 Å². The van der Waals surface area contributed by atoms with Crippen molar-refractivity contribution < 1.29 is 14.3 Å². The monoisotopic (exact) mass is 442 g/mol. The Bertz CT molecular complexity index is 845. The molecule has 0 aliphatic rings. The van der Waals surface area contributed by atoms with E-state index in [2.05, 4.69) is 5.32 Å². The van der Waals surface area contributed by atoms with Gasteiger partial charge in [-0.25, -0.2) is 0 Å². The topological polar surface area (TPSA) is 58.6 Å². The highest BCUT2D eigenvalue weighted by molar-refractivity contribution is 6.35. The van der Waals surface area contributed by atoms with E-state index in [1.54, 1.807) is 49.4 Å². The highest BCUT2D eigenvalue weighted by Crippen LogP contribution is 2.25. The Labute approximate surface area is 179 Å². The molecule has 2 aromatic rings. The average molecular weight is 444 g/mol. The maximum atomic E-state index is 12.9. The van der Waals surface area contributed by atoms with Crippen LogP contribution in [-0.2, 0) is 16.1 Å². The van der Waals surface area contributed by atoms with Crippen molar-refractivity contribution in [2.45, 2.75) is 26.4 Å². The van der Waals surface area contributed by atoms with Gasteiger partial charge in [0.1, 0.15) is 11.8 Å². The van der Waals surface area contributed by atoms with Gasteiger partial charge in [0.2, 0.25) is 5.91 Å². The summed E-state index contributed by atoms with van der Waals surface area (Å²) in [6, 6.07) is 11.2. The number of carbonyl (C=O) groups is 2. The smallest absolute Gasteiger partial charge is 0.261 e. The third-order valence-corrected chi connectivity index (χ3v) is 4.96. The second-order valence-electron chi connectivity index (χ2n) is 6.05. The summed E-state index contributed by atoms with van der Waals surface area (Å²) in [5, 5.41) is 4.03. The molecule has 2 amide bonds. The van der Waals surface area contributed by atoms with E-state index in [1.165, 1.54) is 4.90 Å². The van der Waals surface area contributed by atoms with Crippen LogP contribution in [0.4, 0.5) is 0 Å². The number of rotatable bonds is 8. The van der Waals surface area contributed by atoms with E-state index in [4.69, 9.17) is 39.5 Å². The van der Waals surface area contributed by atoms with Crippen molar-refractivity contribution in [3.63, 3.8) is 0 Å². The zero-order chi connectivity index (χ0) is 20.7. The van der Waals surface area contributed by atoms with Crippen molar-refractivity contribution in [2.75, 3.05) is 13.2 Å². The summed E-state index contributed by atoms with van der Waals surface area (Å²) >= 11 is 18.2. The number of halogens is 3. The molecule has 0 saturated heterocycles. The first-order valence-electron chi connectivity index (χ1n) is 8.72. The molecule has 150 valence electrons. The maximum absolute atomic E-state index is 12.9. The van der Waals surface area contributed by atoms with E-state index in [-0.39, 0.29) is 25.0 Å². The standard InChI is InChI=1S/C20H21Cl3N2O3/c1-3-24-20(27)13(2)25(11-14-8-9-15(21)10-17(14)23)19(26)12-28-18-7-5-4-6-16(18)22/h4-10,13H,3,11-12H2,1-2H3,(H,24,27)/t13-/m1/s1. The molecule has 2 aromatic carbocycles. The number of ether oxygens (including phenoxy) is 1. The van der Waals surface area contributed by atoms with Gasteiger partial charge in [-0.2, -0.15) is 0 Å². The van der Waals surface area contributed by atoms with Gasteiger partial charge in [0.05, 0.1) is 5.02 Å². The zero-order valence-corrected chi connectivity index (χ0v) is 17.8. The highest BCUT2D eigenvalue weighted by atomic mass is 35.5. The fourth-order valence-electron chi connectivity index (χ4n) is 2.52. The van der Waals surface area contributed by atoms with Gasteiger partial charge in [0.15, 0.2) is 6.61 Å². The molecule has 2 rings (SSSR count). The molecule has 0 saturated carbocycles. The molecule has 1 atom stereocenters. The first-order chi connectivity index (χ1) is 13.3. The number of nitrogens with one attached hydrogen (secondary N) is 1. The van der Waals surface area contributed by atoms with Crippen molar-refractivity contribution in [1.29, 1.82) is 0 Å². The van der Waals surface area contributed by atoms with Crippen LogP contribution in [0.5, 0.6) is 5.75 Å². The maximum Gasteiger partial charge on any atom is 0.261 e. The van der Waals surface area contributed by atoms with Gasteiger partial charge < -0.3 is 15.0 Å². The lowest BCUT2D eigenvalue weighted by Gasteiger charge is -2.29. The Morgan fingerprint density at radius 3 is 2.46 bits per heavy atom. The number of benzene rings is 2. The van der Waals surface area contributed by atoms with E-state index in [0.29, 0.717) is 32.9 Å². The molecule has 0 fully saturated rings. The summed E-state index contributed by atoms with van der Waals surface area (Å²) in [5.74, 6) is -0.240. The zero-order valence-electron chi connectivity index (χ0n) is 15.5. The van der Waals surface area contributed by atoms with Crippen LogP contribution in [0.3, 0.4) is 0 Å². The molecule has 0 aliphatic heterocycles. The van der Waals surface area contributed by atoms with E-state index >= 15 is 0 Å². The quantitative estimate of drug-likeness (QED) is 0.650. The van der Waals surface area contributed by atoms with Crippen molar-refractivity contribution in [1.82, 2.24) is 10.2 Å². The fourth-order valence-corrected chi connectivity index (χ4v) is 3.18. The van der Waals surface area contributed by atoms with Crippen molar-refractivity contribution >= 4 is 46.6 Å². The normalized spacial score (nSPS) is 11.6. The Balaban J connectivity index is 2.20. The van der Waals surface area contributed by atoms with Crippen LogP contribution in [0.25, 0.3) is 0 Å². The minimum absolute atomic E-state index is 0.138. The molecule has 0 radical (unpaired) electrons. The number of amides is 2. The lowest BCUT2D eigenvalue weighted by atomic mass is 10.1. The molecule has 0 aromatic heterocycles. The Hall–Kier alpha value is -1.95. The Morgan fingerprint density at radius 1 is 1.11 bits per heavy atom. The molecule has 0 heterocycles. The van der Waals surface area contributed by atoms with Crippen molar-refractivity contribution in [3.8, 4) is 5.75 Å². The van der Waals surface area contributed by atoms with E-state index in [1.807, 2.05) is 6.92 Å². The molecule has 0 bridgehead atoms. The fraction of sp³-hybridized carbons (Fsp3) is 0.300. The number of nitrogens with zero attached hydrogens (tertiary/aromatic N) is 1. The molecule has 8 heteroatoms. The first kappa shape index (κ1) is 22.3. The van der Waals surface area contributed by atoms with Gasteiger partial charge >= 0.3 is 0 Å². The van der Waals surface area contributed by atoms with Gasteiger partial charge in [0, 0.05) is 23.1 Å². The number of hydrogen-bond acceptors (Lipinski definition) is 3. The van der Waals surface area contributed by atoms with Crippen LogP contribution in [0.1, 0.15) is 19.4 Å². The van der Waals surface area contributed by atoms with Crippen molar-refractivity contribution in [2.24, 2.45) is 0 Å². The first-order valence-corrected chi connectivity index (χ1v) is 9.85. The summed E-state index contributed by atoms with van der Waals surface area (Å²) in [5.41, 5.74) is 0.674. The molecule has 0 unspecified atom stereocenters. The summed E-state index contributed by atoms with van der Waals surface area (Å²) in [7, 11) is 0. The Kier molecular flexibility index (Phi) is 8.42. The Morgan fingerprint density at radius 2 is 1.82 bits per heavy atom. The minimum Gasteiger partial charge on any atom is -0.482 e. The summed E-state index contributed by atoms with van der Waals surface area (Å²) in [6.07, 6.45) is 0. The van der Waals surface area contributed by atoms with E-state index in [9.17, 15) is 9.59 Å². The SMILES string of the molecule is CCNC(=O)[C@@H](C)N(Cc1ccc(Cl)cc1Cl)C(=O)COc1ccccc1Cl. The van der Waals surface area contributed by atoms with Crippen molar-refractivity contribution in [3.05, 3.63) is 63.1 Å². The molecule has 0 spiro atoms. The summed E-state index contributed by atoms with van der Waals surface area (Å²) in [4.78, 5) is 26.6. The summed E-state index contributed by atoms with van der Waals surface area (Å²) in [6.45, 7) is 3.80. The lowest BCUT2D eigenvalue weighted by molar-refractivity contribution is -0.142. The highest BCUT2D eigenvalue weighted by Gasteiger charge is 2.27. The van der Waals surface area contributed by atoms with Crippen LogP contribution >= 0.6 is 34.8 Å². The van der Waals surface area contributed by atoms with E-state index in [0.717, 1.165) is 0 Å². The average Bonchev–Trinajstić information content (AvgIpc) is 2.66. The molecule has 5 nitrogen and oxygen atoms in total. The van der Waals surface area contributed by atoms with Crippen LogP contribution in [0.2, 0.25) is 15.1 Å². The molecule has 0 aliphatic carbocycles. The van der Waals surface area contributed by atoms with Gasteiger partial charge in [-0.1, -0.05) is 53.0 Å². The second-order valence-corrected chi connectivity index (χ2v) is 7.30. The second kappa shape index (κ2) is 10.6. The molecule has 28 heavy (non-hydrogen) atoms. The third-order valence-electron chi connectivity index (χ3n) is 4.06. The van der Waals surface area contributed by atoms with Crippen LogP contribution in [0.15, 0.2) is 42.5 Å².